The molecule has 1 N–H and O–H groups in total. The molecule has 0 aliphatic carbocycles. The maximum atomic E-state index is 13.2. The van der Waals surface area contributed by atoms with Gasteiger partial charge < -0.3 is 4.90 Å². The van der Waals surface area contributed by atoms with E-state index >= 15 is 0 Å². The Balaban J connectivity index is 2.33. The third kappa shape index (κ3) is 3.35. The summed E-state index contributed by atoms with van der Waals surface area (Å²) in [6.45, 7) is 1.76. The number of sulfonamides is 1. The van der Waals surface area contributed by atoms with Crippen LogP contribution in [0.3, 0.4) is 0 Å². The fourth-order valence-corrected chi connectivity index (χ4v) is 2.76. The Bertz CT molecular complexity index is 525. The van der Waals surface area contributed by atoms with Crippen molar-refractivity contribution in [2.24, 2.45) is 0 Å². The highest BCUT2D eigenvalue weighted by molar-refractivity contribution is 7.92. The Kier molecular flexibility index (Phi) is 3.75. The summed E-state index contributed by atoms with van der Waals surface area (Å²) in [6.07, 6.45) is 4.41. The number of piperidine rings is 1. The van der Waals surface area contributed by atoms with Crippen molar-refractivity contribution in [2.75, 3.05) is 29.0 Å². The molecule has 1 aromatic rings. The monoisotopic (exact) mass is 272 g/mol. The van der Waals surface area contributed by atoms with Gasteiger partial charge in [-0.15, -0.1) is 0 Å². The van der Waals surface area contributed by atoms with Crippen molar-refractivity contribution >= 4 is 21.4 Å². The Morgan fingerprint density at radius 3 is 2.50 bits per heavy atom. The van der Waals surface area contributed by atoms with Crippen molar-refractivity contribution in [1.29, 1.82) is 0 Å². The number of hydrogen-bond donors (Lipinski definition) is 1. The van der Waals surface area contributed by atoms with Crippen LogP contribution in [-0.4, -0.2) is 27.8 Å². The topological polar surface area (TPSA) is 49.4 Å². The lowest BCUT2D eigenvalue weighted by Gasteiger charge is -2.30. The third-order valence-electron chi connectivity index (χ3n) is 2.95. The number of nitrogens with one attached hydrogen (secondary N) is 1. The molecule has 6 heteroatoms. The van der Waals surface area contributed by atoms with E-state index in [1.54, 1.807) is 6.07 Å². The lowest BCUT2D eigenvalue weighted by molar-refractivity contribution is 0.577. The van der Waals surface area contributed by atoms with Crippen LogP contribution >= 0.6 is 0 Å². The molecule has 4 nitrogen and oxygen atoms in total. The first-order valence-electron chi connectivity index (χ1n) is 5.98. The lowest BCUT2D eigenvalue weighted by atomic mass is 10.1. The zero-order valence-electron chi connectivity index (χ0n) is 10.3. The number of halogens is 1. The van der Waals surface area contributed by atoms with Crippen LogP contribution in [0.5, 0.6) is 0 Å². The Morgan fingerprint density at radius 1 is 1.22 bits per heavy atom. The van der Waals surface area contributed by atoms with Crippen LogP contribution in [0.2, 0.25) is 0 Å². The molecule has 1 aliphatic rings. The molecular formula is C12H17FN2O2S. The molecule has 0 unspecified atom stereocenters. The van der Waals surface area contributed by atoms with Gasteiger partial charge in [-0.25, -0.2) is 12.8 Å². The highest BCUT2D eigenvalue weighted by Gasteiger charge is 2.16. The molecule has 1 saturated heterocycles. The summed E-state index contributed by atoms with van der Waals surface area (Å²) in [5, 5.41) is 0. The van der Waals surface area contributed by atoms with E-state index < -0.39 is 15.8 Å². The van der Waals surface area contributed by atoms with Gasteiger partial charge in [0, 0.05) is 19.2 Å². The molecule has 0 atom stereocenters. The molecular weight excluding hydrogens is 255 g/mol. The molecule has 0 saturated carbocycles. The molecule has 1 fully saturated rings. The van der Waals surface area contributed by atoms with Crippen LogP contribution in [0.4, 0.5) is 15.8 Å². The maximum Gasteiger partial charge on any atom is 0.229 e. The van der Waals surface area contributed by atoms with E-state index in [0.29, 0.717) is 5.69 Å². The Hall–Kier alpha value is -1.30. The maximum absolute atomic E-state index is 13.2. The number of rotatable bonds is 3. The van der Waals surface area contributed by atoms with Gasteiger partial charge in [0.2, 0.25) is 10.0 Å². The number of benzene rings is 1. The van der Waals surface area contributed by atoms with Crippen molar-refractivity contribution in [1.82, 2.24) is 0 Å². The predicted octanol–water partition coefficient (Wildman–Crippen LogP) is 2.19. The van der Waals surface area contributed by atoms with E-state index in [2.05, 4.69) is 9.62 Å². The molecule has 0 aromatic heterocycles. The van der Waals surface area contributed by atoms with E-state index in [4.69, 9.17) is 0 Å². The van der Waals surface area contributed by atoms with E-state index in [9.17, 15) is 12.8 Å². The lowest BCUT2D eigenvalue weighted by Crippen LogP contribution is -2.30. The SMILES string of the molecule is CS(=O)(=O)Nc1cc(F)ccc1N1CCCCC1. The number of nitrogens with zero attached hydrogens (tertiary/aromatic N) is 1. The number of hydrogen-bond acceptors (Lipinski definition) is 3. The van der Waals surface area contributed by atoms with Gasteiger partial charge in [-0.2, -0.15) is 0 Å². The number of anilines is 2. The first-order valence-corrected chi connectivity index (χ1v) is 7.87. The Labute approximate surface area is 107 Å². The molecule has 1 aromatic carbocycles. The van der Waals surface area contributed by atoms with Gasteiger partial charge in [-0.3, -0.25) is 4.72 Å². The molecule has 2 rings (SSSR count). The average molecular weight is 272 g/mol. The van der Waals surface area contributed by atoms with Crippen LogP contribution in [0.1, 0.15) is 19.3 Å². The third-order valence-corrected chi connectivity index (χ3v) is 3.54. The van der Waals surface area contributed by atoms with Crippen molar-refractivity contribution in [3.05, 3.63) is 24.0 Å². The minimum Gasteiger partial charge on any atom is -0.370 e. The molecule has 100 valence electrons. The summed E-state index contributed by atoms with van der Waals surface area (Å²) in [5.41, 5.74) is 1.07. The minimum atomic E-state index is -3.40. The van der Waals surface area contributed by atoms with E-state index in [1.165, 1.54) is 18.6 Å². The van der Waals surface area contributed by atoms with Crippen LogP contribution in [0, 0.1) is 5.82 Å². The summed E-state index contributed by atoms with van der Waals surface area (Å²) in [5.74, 6) is -0.443. The summed E-state index contributed by atoms with van der Waals surface area (Å²) in [4.78, 5) is 2.09. The molecule has 0 amide bonds. The van der Waals surface area contributed by atoms with E-state index in [1.807, 2.05) is 0 Å². The van der Waals surface area contributed by atoms with Crippen LogP contribution in [0.25, 0.3) is 0 Å². The molecule has 0 bridgehead atoms. The molecule has 1 aliphatic heterocycles. The highest BCUT2D eigenvalue weighted by Crippen LogP contribution is 2.29. The summed E-state index contributed by atoms with van der Waals surface area (Å²) < 4.78 is 38.2. The summed E-state index contributed by atoms with van der Waals surface area (Å²) in [7, 11) is -3.40. The molecule has 0 spiro atoms. The van der Waals surface area contributed by atoms with Gasteiger partial charge in [-0.05, 0) is 31.4 Å². The molecule has 18 heavy (non-hydrogen) atoms. The molecule has 0 radical (unpaired) electrons. The summed E-state index contributed by atoms with van der Waals surface area (Å²) >= 11 is 0. The van der Waals surface area contributed by atoms with Gasteiger partial charge in [-0.1, -0.05) is 0 Å². The van der Waals surface area contributed by atoms with Gasteiger partial charge >= 0.3 is 0 Å². The van der Waals surface area contributed by atoms with Gasteiger partial charge in [0.05, 0.1) is 17.6 Å². The van der Waals surface area contributed by atoms with Crippen molar-refractivity contribution in [2.45, 2.75) is 19.3 Å². The van der Waals surface area contributed by atoms with Crippen LogP contribution in [-0.2, 0) is 10.0 Å². The second-order valence-corrected chi connectivity index (χ2v) is 6.33. The van der Waals surface area contributed by atoms with Gasteiger partial charge in [0.1, 0.15) is 5.82 Å². The van der Waals surface area contributed by atoms with Crippen LogP contribution in [0.15, 0.2) is 18.2 Å². The largest absolute Gasteiger partial charge is 0.370 e. The van der Waals surface area contributed by atoms with E-state index in [-0.39, 0.29) is 0 Å². The highest BCUT2D eigenvalue weighted by atomic mass is 32.2. The summed E-state index contributed by atoms with van der Waals surface area (Å²) in [6, 6.07) is 4.22. The predicted molar refractivity (Wildman–Crippen MR) is 70.9 cm³/mol. The Morgan fingerprint density at radius 2 is 1.89 bits per heavy atom. The zero-order chi connectivity index (χ0) is 13.2. The van der Waals surface area contributed by atoms with Crippen molar-refractivity contribution in [3.63, 3.8) is 0 Å². The van der Waals surface area contributed by atoms with Crippen molar-refractivity contribution < 1.29 is 12.8 Å². The quantitative estimate of drug-likeness (QED) is 0.917. The van der Waals surface area contributed by atoms with Crippen molar-refractivity contribution in [3.8, 4) is 0 Å². The smallest absolute Gasteiger partial charge is 0.229 e. The standard InChI is InChI=1S/C12H17FN2O2S/c1-18(16,17)14-11-9-10(13)5-6-12(11)15-7-3-2-4-8-15/h5-6,9,14H,2-4,7-8H2,1H3. The minimum absolute atomic E-state index is 0.319. The molecule has 1 heterocycles. The normalized spacial score (nSPS) is 16.7. The van der Waals surface area contributed by atoms with Crippen LogP contribution < -0.4 is 9.62 Å². The fraction of sp³-hybridized carbons (Fsp3) is 0.500. The average Bonchev–Trinajstić information content (AvgIpc) is 2.28. The van der Waals surface area contributed by atoms with Gasteiger partial charge in [0.15, 0.2) is 0 Å². The van der Waals surface area contributed by atoms with Gasteiger partial charge in [0.25, 0.3) is 0 Å². The second-order valence-electron chi connectivity index (χ2n) is 4.58. The first kappa shape index (κ1) is 13.1. The second kappa shape index (κ2) is 5.14. The zero-order valence-corrected chi connectivity index (χ0v) is 11.1. The van der Waals surface area contributed by atoms with E-state index in [0.717, 1.165) is 37.9 Å². The first-order chi connectivity index (χ1) is 8.46. The fourth-order valence-electron chi connectivity index (χ4n) is 2.20.